The fourth-order valence-electron chi connectivity index (χ4n) is 2.45. The minimum Gasteiger partial charge on any atom is -0.493 e. The number of ether oxygens (including phenoxy) is 3. The lowest BCUT2D eigenvalue weighted by Gasteiger charge is -2.25. The van der Waals surface area contributed by atoms with Crippen LogP contribution in [0.5, 0.6) is 17.2 Å². The summed E-state index contributed by atoms with van der Waals surface area (Å²) in [5.74, 6) is 1.81. The number of nitrogens with one attached hydrogen (secondary N) is 1. The fourth-order valence-corrected chi connectivity index (χ4v) is 2.45. The molecule has 0 unspecified atom stereocenters. The Kier molecular flexibility index (Phi) is 8.40. The third-order valence-corrected chi connectivity index (χ3v) is 4.17. The number of carbonyl (C=O) groups is 1. The Bertz CT molecular complexity index is 748. The van der Waals surface area contributed by atoms with Crippen LogP contribution < -0.4 is 25.3 Å². The number of rotatable bonds is 8. The van der Waals surface area contributed by atoms with E-state index in [1.165, 1.54) is 0 Å². The van der Waals surface area contributed by atoms with E-state index in [9.17, 15) is 4.79 Å². The first-order valence-corrected chi connectivity index (χ1v) is 8.39. The zero-order chi connectivity index (χ0) is 19.2. The molecule has 0 saturated carbocycles. The maximum Gasteiger partial charge on any atom is 0.234 e. The first kappa shape index (κ1) is 22.6. The molecule has 0 atom stereocenters. The Labute approximate surface area is 166 Å². The van der Waals surface area contributed by atoms with Gasteiger partial charge in [-0.25, -0.2) is 0 Å². The lowest BCUT2D eigenvalue weighted by molar-refractivity contribution is -0.120. The van der Waals surface area contributed by atoms with Gasteiger partial charge < -0.3 is 25.3 Å². The first-order chi connectivity index (χ1) is 12.4. The molecule has 0 saturated heterocycles. The SMILES string of the molecule is COc1ccc(C(C)(C)C(=O)Nc2ccc(OCCN)cc2)cc1OC.Cl. The van der Waals surface area contributed by atoms with E-state index in [0.29, 0.717) is 36.1 Å². The number of methoxy groups -OCH3 is 2. The molecule has 0 aromatic heterocycles. The van der Waals surface area contributed by atoms with E-state index in [4.69, 9.17) is 19.9 Å². The zero-order valence-corrected chi connectivity index (χ0v) is 16.9. The van der Waals surface area contributed by atoms with Gasteiger partial charge in [-0.05, 0) is 55.8 Å². The van der Waals surface area contributed by atoms with Gasteiger partial charge in [-0.1, -0.05) is 6.07 Å². The molecule has 27 heavy (non-hydrogen) atoms. The number of hydrogen-bond donors (Lipinski definition) is 2. The lowest BCUT2D eigenvalue weighted by atomic mass is 9.83. The highest BCUT2D eigenvalue weighted by molar-refractivity contribution is 5.98. The smallest absolute Gasteiger partial charge is 0.234 e. The van der Waals surface area contributed by atoms with Gasteiger partial charge in [0.25, 0.3) is 0 Å². The Hall–Kier alpha value is -2.44. The van der Waals surface area contributed by atoms with E-state index >= 15 is 0 Å². The molecule has 0 radical (unpaired) electrons. The van der Waals surface area contributed by atoms with E-state index in [1.807, 2.05) is 26.0 Å². The standard InChI is InChI=1S/C20H26N2O4.ClH/c1-20(2,14-5-10-17(24-3)18(13-14)25-4)19(23)22-15-6-8-16(9-7-15)26-12-11-21;/h5-10,13H,11-12,21H2,1-4H3,(H,22,23);1H. The molecule has 0 spiro atoms. The first-order valence-electron chi connectivity index (χ1n) is 8.39. The Morgan fingerprint density at radius 2 is 1.67 bits per heavy atom. The summed E-state index contributed by atoms with van der Waals surface area (Å²) in [6, 6.07) is 12.7. The summed E-state index contributed by atoms with van der Waals surface area (Å²) in [6.07, 6.45) is 0. The molecule has 0 aliphatic rings. The molecule has 3 N–H and O–H groups in total. The lowest BCUT2D eigenvalue weighted by Crippen LogP contribution is -2.34. The molecule has 1 amide bonds. The second-order valence-corrected chi connectivity index (χ2v) is 6.31. The summed E-state index contributed by atoms with van der Waals surface area (Å²) < 4.78 is 16.0. The van der Waals surface area contributed by atoms with Crippen LogP contribution in [0.4, 0.5) is 5.69 Å². The molecule has 148 valence electrons. The van der Waals surface area contributed by atoms with E-state index in [1.54, 1.807) is 44.6 Å². The van der Waals surface area contributed by atoms with Gasteiger partial charge in [-0.3, -0.25) is 4.79 Å². The van der Waals surface area contributed by atoms with Gasteiger partial charge in [0.15, 0.2) is 11.5 Å². The number of anilines is 1. The Balaban J connectivity index is 0.00000364. The van der Waals surface area contributed by atoms with Crippen molar-refractivity contribution in [3.63, 3.8) is 0 Å². The van der Waals surface area contributed by atoms with Crippen molar-refractivity contribution in [3.8, 4) is 17.2 Å². The number of carbonyl (C=O) groups excluding carboxylic acids is 1. The van der Waals surface area contributed by atoms with Crippen LogP contribution in [-0.4, -0.2) is 33.3 Å². The van der Waals surface area contributed by atoms with Crippen LogP contribution in [0.25, 0.3) is 0 Å². The van der Waals surface area contributed by atoms with Gasteiger partial charge in [0, 0.05) is 12.2 Å². The van der Waals surface area contributed by atoms with Gasteiger partial charge in [0.1, 0.15) is 12.4 Å². The van der Waals surface area contributed by atoms with Crippen LogP contribution in [-0.2, 0) is 10.2 Å². The summed E-state index contributed by atoms with van der Waals surface area (Å²) in [5.41, 5.74) is 6.19. The van der Waals surface area contributed by atoms with Crippen molar-refractivity contribution in [2.24, 2.45) is 5.73 Å². The maximum absolute atomic E-state index is 12.8. The number of hydrogen-bond acceptors (Lipinski definition) is 5. The van der Waals surface area contributed by atoms with Crippen LogP contribution in [0.2, 0.25) is 0 Å². The van der Waals surface area contributed by atoms with Crippen molar-refractivity contribution in [2.45, 2.75) is 19.3 Å². The molecular weight excluding hydrogens is 368 g/mol. The second kappa shape index (κ2) is 10.0. The summed E-state index contributed by atoms with van der Waals surface area (Å²) >= 11 is 0. The number of nitrogens with two attached hydrogens (primary N) is 1. The molecule has 0 bridgehead atoms. The summed E-state index contributed by atoms with van der Waals surface area (Å²) in [7, 11) is 3.15. The molecule has 2 aromatic rings. The average molecular weight is 395 g/mol. The van der Waals surface area contributed by atoms with Gasteiger partial charge in [0.05, 0.1) is 19.6 Å². The number of benzene rings is 2. The van der Waals surface area contributed by atoms with Crippen LogP contribution in [0.15, 0.2) is 42.5 Å². The van der Waals surface area contributed by atoms with Crippen molar-refractivity contribution >= 4 is 24.0 Å². The van der Waals surface area contributed by atoms with E-state index in [0.717, 1.165) is 5.56 Å². The summed E-state index contributed by atoms with van der Waals surface area (Å²) in [5, 5.41) is 2.94. The summed E-state index contributed by atoms with van der Waals surface area (Å²) in [6.45, 7) is 4.64. The van der Waals surface area contributed by atoms with Crippen LogP contribution >= 0.6 is 12.4 Å². The fraction of sp³-hybridized carbons (Fsp3) is 0.350. The predicted molar refractivity (Wildman–Crippen MR) is 109 cm³/mol. The van der Waals surface area contributed by atoms with Gasteiger partial charge in [0.2, 0.25) is 5.91 Å². The van der Waals surface area contributed by atoms with Gasteiger partial charge in [-0.2, -0.15) is 0 Å². The highest BCUT2D eigenvalue weighted by Gasteiger charge is 2.30. The highest BCUT2D eigenvalue weighted by atomic mass is 35.5. The van der Waals surface area contributed by atoms with E-state index in [-0.39, 0.29) is 18.3 Å². The van der Waals surface area contributed by atoms with Crippen molar-refractivity contribution in [3.05, 3.63) is 48.0 Å². The second-order valence-electron chi connectivity index (χ2n) is 6.31. The normalized spacial score (nSPS) is 10.6. The Morgan fingerprint density at radius 3 is 2.22 bits per heavy atom. The monoisotopic (exact) mass is 394 g/mol. The van der Waals surface area contributed by atoms with Crippen molar-refractivity contribution in [2.75, 3.05) is 32.7 Å². The minimum absolute atomic E-state index is 0. The molecule has 0 aliphatic heterocycles. The zero-order valence-electron chi connectivity index (χ0n) is 16.1. The average Bonchev–Trinajstić information content (AvgIpc) is 2.66. The number of amides is 1. The van der Waals surface area contributed by atoms with E-state index < -0.39 is 5.41 Å². The highest BCUT2D eigenvalue weighted by Crippen LogP contribution is 2.34. The minimum atomic E-state index is -0.756. The largest absolute Gasteiger partial charge is 0.493 e. The third kappa shape index (κ3) is 5.52. The van der Waals surface area contributed by atoms with Crippen LogP contribution in [0.1, 0.15) is 19.4 Å². The predicted octanol–water partition coefficient (Wildman–Crippen LogP) is 3.38. The van der Waals surface area contributed by atoms with Crippen molar-refractivity contribution in [1.29, 1.82) is 0 Å². The molecular formula is C20H27ClN2O4. The Morgan fingerprint density at radius 1 is 1.04 bits per heavy atom. The van der Waals surface area contributed by atoms with Crippen molar-refractivity contribution < 1.29 is 19.0 Å². The quantitative estimate of drug-likeness (QED) is 0.717. The maximum atomic E-state index is 12.8. The van der Waals surface area contributed by atoms with Crippen LogP contribution in [0, 0.1) is 0 Å². The molecule has 6 nitrogen and oxygen atoms in total. The molecule has 2 rings (SSSR count). The van der Waals surface area contributed by atoms with E-state index in [2.05, 4.69) is 5.32 Å². The van der Waals surface area contributed by atoms with Crippen molar-refractivity contribution in [1.82, 2.24) is 0 Å². The molecule has 7 heteroatoms. The van der Waals surface area contributed by atoms with Gasteiger partial charge in [-0.15, -0.1) is 12.4 Å². The van der Waals surface area contributed by atoms with Gasteiger partial charge >= 0.3 is 0 Å². The molecule has 0 heterocycles. The number of halogens is 1. The molecule has 0 aliphatic carbocycles. The van der Waals surface area contributed by atoms with Crippen LogP contribution in [0.3, 0.4) is 0 Å². The topological polar surface area (TPSA) is 82.8 Å². The molecule has 0 fully saturated rings. The third-order valence-electron chi connectivity index (χ3n) is 4.17. The summed E-state index contributed by atoms with van der Waals surface area (Å²) in [4.78, 5) is 12.8. The molecule has 2 aromatic carbocycles.